The van der Waals surface area contributed by atoms with Crippen LogP contribution in [0.25, 0.3) is 0 Å². The molecule has 7 nitrogen and oxygen atoms in total. The fourth-order valence-electron chi connectivity index (χ4n) is 4.86. The van der Waals surface area contributed by atoms with Crippen LogP contribution in [0.4, 0.5) is 0 Å². The van der Waals surface area contributed by atoms with Crippen molar-refractivity contribution in [2.45, 2.75) is 38.5 Å². The standard InChI is InChI=1S/C27H29NO6/c1-5-34-27(31)24-15(2)28-20-12-18(17-8-11-22(32-3)23(14-17)33-4)13-21(30)26(20)25(24)16-6-9-19(29)10-7-16/h6-11,14,18,25,28-29H,5,12-13H2,1-4H3/t18-,25+/m0/s1. The van der Waals surface area contributed by atoms with Gasteiger partial charge in [-0.2, -0.15) is 0 Å². The molecule has 1 aliphatic carbocycles. The molecule has 0 saturated carbocycles. The maximum atomic E-state index is 13.6. The topological polar surface area (TPSA) is 94.1 Å². The van der Waals surface area contributed by atoms with E-state index in [4.69, 9.17) is 14.2 Å². The molecule has 0 radical (unpaired) electrons. The summed E-state index contributed by atoms with van der Waals surface area (Å²) < 4.78 is 16.1. The molecule has 2 N–H and O–H groups in total. The highest BCUT2D eigenvalue weighted by Crippen LogP contribution is 2.46. The van der Waals surface area contributed by atoms with E-state index in [-0.39, 0.29) is 24.1 Å². The van der Waals surface area contributed by atoms with Crippen molar-refractivity contribution in [2.75, 3.05) is 20.8 Å². The summed E-state index contributed by atoms with van der Waals surface area (Å²) in [6, 6.07) is 12.3. The minimum atomic E-state index is -0.560. The van der Waals surface area contributed by atoms with Crippen molar-refractivity contribution < 1.29 is 28.9 Å². The van der Waals surface area contributed by atoms with Crippen molar-refractivity contribution in [3.8, 4) is 17.2 Å². The molecular formula is C27H29NO6. The van der Waals surface area contributed by atoms with Crippen LogP contribution in [0.15, 0.2) is 65.0 Å². The molecule has 2 aliphatic rings. The molecule has 0 unspecified atom stereocenters. The number of ether oxygens (including phenoxy) is 3. The molecule has 2 aromatic carbocycles. The summed E-state index contributed by atoms with van der Waals surface area (Å²) in [7, 11) is 3.18. The number of aromatic hydroxyl groups is 1. The van der Waals surface area contributed by atoms with Crippen molar-refractivity contribution in [1.29, 1.82) is 0 Å². The number of carbonyl (C=O) groups is 2. The van der Waals surface area contributed by atoms with E-state index < -0.39 is 11.9 Å². The third-order valence-electron chi connectivity index (χ3n) is 6.43. The van der Waals surface area contributed by atoms with Gasteiger partial charge >= 0.3 is 5.97 Å². The number of hydrogen-bond acceptors (Lipinski definition) is 7. The Morgan fingerprint density at radius 3 is 2.35 bits per heavy atom. The molecule has 0 saturated heterocycles. The molecule has 7 heteroatoms. The number of methoxy groups -OCH3 is 2. The van der Waals surface area contributed by atoms with Crippen LogP contribution in [-0.4, -0.2) is 37.7 Å². The first kappa shape index (κ1) is 23.4. The van der Waals surface area contributed by atoms with E-state index in [9.17, 15) is 14.7 Å². The van der Waals surface area contributed by atoms with E-state index in [1.807, 2.05) is 25.1 Å². The van der Waals surface area contributed by atoms with Crippen molar-refractivity contribution in [3.63, 3.8) is 0 Å². The largest absolute Gasteiger partial charge is 0.508 e. The number of esters is 1. The number of allylic oxidation sites excluding steroid dienone is 3. The van der Waals surface area contributed by atoms with Crippen LogP contribution in [0.2, 0.25) is 0 Å². The van der Waals surface area contributed by atoms with Gasteiger partial charge in [0, 0.05) is 29.3 Å². The Morgan fingerprint density at radius 1 is 1.03 bits per heavy atom. The average Bonchev–Trinajstić information content (AvgIpc) is 2.83. The summed E-state index contributed by atoms with van der Waals surface area (Å²) in [5.41, 5.74) is 4.21. The second-order valence-corrected chi connectivity index (χ2v) is 8.44. The fourth-order valence-corrected chi connectivity index (χ4v) is 4.86. The second kappa shape index (κ2) is 9.63. The second-order valence-electron chi connectivity index (χ2n) is 8.44. The van der Waals surface area contributed by atoms with Gasteiger partial charge in [-0.3, -0.25) is 4.79 Å². The van der Waals surface area contributed by atoms with Crippen LogP contribution in [0.3, 0.4) is 0 Å². The number of benzene rings is 2. The molecule has 0 spiro atoms. The molecule has 1 aliphatic heterocycles. The number of rotatable bonds is 6. The first-order valence-electron chi connectivity index (χ1n) is 11.3. The highest BCUT2D eigenvalue weighted by molar-refractivity contribution is 6.04. The summed E-state index contributed by atoms with van der Waals surface area (Å²) in [6.45, 7) is 3.82. The van der Waals surface area contributed by atoms with Gasteiger partial charge in [-0.1, -0.05) is 18.2 Å². The van der Waals surface area contributed by atoms with Gasteiger partial charge in [-0.05, 0) is 61.6 Å². The highest BCUT2D eigenvalue weighted by Gasteiger charge is 2.41. The van der Waals surface area contributed by atoms with Gasteiger partial charge in [0.15, 0.2) is 17.3 Å². The van der Waals surface area contributed by atoms with E-state index in [0.29, 0.717) is 41.2 Å². The summed E-state index contributed by atoms with van der Waals surface area (Å²) in [5.74, 6) is 0.285. The van der Waals surface area contributed by atoms with Gasteiger partial charge in [0.25, 0.3) is 0 Å². The monoisotopic (exact) mass is 463 g/mol. The zero-order chi connectivity index (χ0) is 24.4. The Hall–Kier alpha value is -3.74. The molecule has 1 heterocycles. The Kier molecular flexibility index (Phi) is 6.63. The van der Waals surface area contributed by atoms with E-state index in [0.717, 1.165) is 16.8 Å². The van der Waals surface area contributed by atoms with Gasteiger partial charge in [0.1, 0.15) is 5.75 Å². The molecule has 0 fully saturated rings. The smallest absolute Gasteiger partial charge is 0.336 e. The van der Waals surface area contributed by atoms with Gasteiger partial charge in [-0.15, -0.1) is 0 Å². The Bertz CT molecular complexity index is 1180. The lowest BCUT2D eigenvalue weighted by molar-refractivity contribution is -0.138. The Balaban J connectivity index is 1.77. The van der Waals surface area contributed by atoms with Crippen LogP contribution in [0.5, 0.6) is 17.2 Å². The predicted molar refractivity (Wildman–Crippen MR) is 127 cm³/mol. The van der Waals surface area contributed by atoms with Gasteiger partial charge < -0.3 is 24.6 Å². The molecule has 178 valence electrons. The molecule has 4 rings (SSSR count). The number of phenols is 1. The van der Waals surface area contributed by atoms with E-state index in [1.165, 1.54) is 0 Å². The predicted octanol–water partition coefficient (Wildman–Crippen LogP) is 4.33. The van der Waals surface area contributed by atoms with Crippen molar-refractivity contribution >= 4 is 11.8 Å². The third-order valence-corrected chi connectivity index (χ3v) is 6.43. The zero-order valence-electron chi connectivity index (χ0n) is 19.8. The number of phenolic OH excluding ortho intramolecular Hbond substituents is 1. The summed E-state index contributed by atoms with van der Waals surface area (Å²) in [5, 5.41) is 13.1. The number of dihydropyridines is 1. The minimum Gasteiger partial charge on any atom is -0.508 e. The first-order chi connectivity index (χ1) is 16.4. The van der Waals surface area contributed by atoms with Crippen LogP contribution < -0.4 is 14.8 Å². The normalized spacial score (nSPS) is 19.9. The van der Waals surface area contributed by atoms with Crippen molar-refractivity contribution in [3.05, 3.63) is 76.1 Å². The minimum absolute atomic E-state index is 0.0269. The molecule has 2 aromatic rings. The lowest BCUT2D eigenvalue weighted by atomic mass is 9.71. The molecule has 34 heavy (non-hydrogen) atoms. The quantitative estimate of drug-likeness (QED) is 0.616. The number of Topliss-reactive ketones (excluding diaryl/α,β-unsaturated/α-hetero) is 1. The first-order valence-corrected chi connectivity index (χ1v) is 11.3. The molecule has 0 aromatic heterocycles. The van der Waals surface area contributed by atoms with Crippen molar-refractivity contribution in [1.82, 2.24) is 5.32 Å². The Labute approximate surface area is 199 Å². The van der Waals surface area contributed by atoms with Crippen LogP contribution in [0.1, 0.15) is 49.7 Å². The van der Waals surface area contributed by atoms with Crippen LogP contribution >= 0.6 is 0 Å². The lowest BCUT2D eigenvalue weighted by Crippen LogP contribution is -2.36. The number of nitrogens with one attached hydrogen (secondary N) is 1. The Morgan fingerprint density at radius 2 is 1.71 bits per heavy atom. The molecular weight excluding hydrogens is 434 g/mol. The van der Waals surface area contributed by atoms with Crippen LogP contribution in [0, 0.1) is 0 Å². The number of hydrogen-bond donors (Lipinski definition) is 2. The molecule has 2 atom stereocenters. The van der Waals surface area contributed by atoms with Gasteiger partial charge in [0.05, 0.1) is 26.4 Å². The van der Waals surface area contributed by atoms with E-state index in [1.54, 1.807) is 45.4 Å². The van der Waals surface area contributed by atoms with Gasteiger partial charge in [-0.25, -0.2) is 4.79 Å². The lowest BCUT2D eigenvalue weighted by Gasteiger charge is -2.36. The van der Waals surface area contributed by atoms with E-state index in [2.05, 4.69) is 5.32 Å². The maximum absolute atomic E-state index is 13.6. The van der Waals surface area contributed by atoms with Crippen LogP contribution in [-0.2, 0) is 14.3 Å². The molecule has 0 bridgehead atoms. The van der Waals surface area contributed by atoms with E-state index >= 15 is 0 Å². The summed E-state index contributed by atoms with van der Waals surface area (Å²) in [6.07, 6.45) is 0.915. The SMILES string of the molecule is CCOC(=O)C1=C(C)NC2=C(C(=O)C[C@@H](c3ccc(OC)c(OC)c3)C2)[C@@H]1c1ccc(O)cc1. The maximum Gasteiger partial charge on any atom is 0.336 e. The number of carbonyl (C=O) groups excluding carboxylic acids is 2. The highest BCUT2D eigenvalue weighted by atomic mass is 16.5. The third kappa shape index (κ3) is 4.25. The zero-order valence-corrected chi connectivity index (χ0v) is 19.8. The van der Waals surface area contributed by atoms with Gasteiger partial charge in [0.2, 0.25) is 0 Å². The fraction of sp³-hybridized carbons (Fsp3) is 0.333. The summed E-state index contributed by atoms with van der Waals surface area (Å²) in [4.78, 5) is 26.5. The number of ketones is 1. The van der Waals surface area contributed by atoms with Crippen molar-refractivity contribution in [2.24, 2.45) is 0 Å². The molecule has 0 amide bonds. The average molecular weight is 464 g/mol. The summed E-state index contributed by atoms with van der Waals surface area (Å²) >= 11 is 0.